The number of nitrogens with zero attached hydrogens (tertiary/aromatic N) is 2. The number of hydrogen-bond donors (Lipinski definition) is 0. The van der Waals surface area contributed by atoms with Gasteiger partial charge >= 0.3 is 0 Å². The van der Waals surface area contributed by atoms with E-state index >= 15 is 0 Å². The van der Waals surface area contributed by atoms with Crippen LogP contribution in [0.4, 0.5) is 0 Å². The number of aromatic nitrogens is 2. The van der Waals surface area contributed by atoms with Crippen LogP contribution in [0.3, 0.4) is 0 Å². The van der Waals surface area contributed by atoms with Crippen molar-refractivity contribution >= 4 is 26.8 Å². The van der Waals surface area contributed by atoms with E-state index in [4.69, 9.17) is 4.74 Å². The molecule has 0 saturated heterocycles. The smallest absolute Gasteiger partial charge is 0.158 e. The Balaban J connectivity index is 2.69. The van der Waals surface area contributed by atoms with Gasteiger partial charge in [-0.1, -0.05) is 6.92 Å². The second kappa shape index (κ2) is 4.23. The Kier molecular flexibility index (Phi) is 2.95. The van der Waals surface area contributed by atoms with Crippen molar-refractivity contribution in [1.29, 1.82) is 0 Å². The van der Waals surface area contributed by atoms with Crippen LogP contribution in [0.1, 0.15) is 13.3 Å². The molecule has 0 unspecified atom stereocenters. The van der Waals surface area contributed by atoms with Crippen molar-refractivity contribution in [3.8, 4) is 5.75 Å². The van der Waals surface area contributed by atoms with E-state index in [1.807, 2.05) is 23.0 Å². The Morgan fingerprint density at radius 3 is 2.93 bits per heavy atom. The van der Waals surface area contributed by atoms with E-state index in [1.165, 1.54) is 0 Å². The molecule has 0 spiro atoms. The van der Waals surface area contributed by atoms with Gasteiger partial charge in [-0.2, -0.15) is 5.10 Å². The summed E-state index contributed by atoms with van der Waals surface area (Å²) >= 11 is 3.48. The SMILES string of the molecule is CCCn1ncc2ccc(Br)c(OC)c21. The number of aryl methyl sites for hydroxylation is 1. The monoisotopic (exact) mass is 268 g/mol. The molecule has 0 fully saturated rings. The maximum Gasteiger partial charge on any atom is 0.158 e. The maximum absolute atomic E-state index is 5.40. The van der Waals surface area contributed by atoms with Gasteiger partial charge in [-0.15, -0.1) is 0 Å². The van der Waals surface area contributed by atoms with E-state index in [-0.39, 0.29) is 0 Å². The van der Waals surface area contributed by atoms with Gasteiger partial charge in [0.05, 0.1) is 17.8 Å². The lowest BCUT2D eigenvalue weighted by Gasteiger charge is -2.07. The van der Waals surface area contributed by atoms with Crippen molar-refractivity contribution in [3.63, 3.8) is 0 Å². The van der Waals surface area contributed by atoms with Crippen molar-refractivity contribution in [2.45, 2.75) is 19.9 Å². The molecule has 0 amide bonds. The Hall–Kier alpha value is -1.03. The van der Waals surface area contributed by atoms with Crippen LogP contribution in [0, 0.1) is 0 Å². The quantitative estimate of drug-likeness (QED) is 0.855. The molecule has 0 atom stereocenters. The van der Waals surface area contributed by atoms with Crippen LogP contribution in [0.2, 0.25) is 0 Å². The van der Waals surface area contributed by atoms with Crippen LogP contribution in [0.15, 0.2) is 22.8 Å². The van der Waals surface area contributed by atoms with Crippen LogP contribution < -0.4 is 4.74 Å². The summed E-state index contributed by atoms with van der Waals surface area (Å²) < 4.78 is 8.35. The average Bonchev–Trinajstić information content (AvgIpc) is 2.63. The van der Waals surface area contributed by atoms with E-state index in [0.29, 0.717) is 0 Å². The highest BCUT2D eigenvalue weighted by Crippen LogP contribution is 2.33. The second-order valence-corrected chi connectivity index (χ2v) is 4.24. The number of halogens is 1. The molecule has 0 radical (unpaired) electrons. The van der Waals surface area contributed by atoms with Crippen LogP contribution in [0.25, 0.3) is 10.9 Å². The fourth-order valence-electron chi connectivity index (χ4n) is 1.70. The summed E-state index contributed by atoms with van der Waals surface area (Å²) in [5.41, 5.74) is 1.06. The molecule has 0 N–H and O–H groups in total. The van der Waals surface area contributed by atoms with Crippen molar-refractivity contribution in [1.82, 2.24) is 9.78 Å². The van der Waals surface area contributed by atoms with Gasteiger partial charge in [0.25, 0.3) is 0 Å². The second-order valence-electron chi connectivity index (χ2n) is 3.39. The lowest BCUT2D eigenvalue weighted by atomic mass is 10.2. The Morgan fingerprint density at radius 2 is 2.27 bits per heavy atom. The highest BCUT2D eigenvalue weighted by Gasteiger charge is 2.11. The number of benzene rings is 1. The molecule has 3 nitrogen and oxygen atoms in total. The summed E-state index contributed by atoms with van der Waals surface area (Å²) in [4.78, 5) is 0. The molecule has 0 aliphatic heterocycles. The van der Waals surface area contributed by atoms with E-state index in [0.717, 1.165) is 34.1 Å². The molecule has 0 bridgehead atoms. The van der Waals surface area contributed by atoms with Gasteiger partial charge in [0.1, 0.15) is 5.52 Å². The van der Waals surface area contributed by atoms with Crippen molar-refractivity contribution in [2.24, 2.45) is 0 Å². The zero-order chi connectivity index (χ0) is 10.8. The van der Waals surface area contributed by atoms with Gasteiger partial charge in [-0.25, -0.2) is 0 Å². The average molecular weight is 269 g/mol. The number of rotatable bonds is 3. The number of fused-ring (bicyclic) bond motifs is 1. The van der Waals surface area contributed by atoms with Crippen LogP contribution >= 0.6 is 15.9 Å². The fraction of sp³-hybridized carbons (Fsp3) is 0.364. The number of ether oxygens (including phenoxy) is 1. The fourth-order valence-corrected chi connectivity index (χ4v) is 2.18. The predicted octanol–water partition coefficient (Wildman–Crippen LogP) is 3.22. The topological polar surface area (TPSA) is 27.1 Å². The predicted molar refractivity (Wildman–Crippen MR) is 64.3 cm³/mol. The minimum atomic E-state index is 0.860. The zero-order valence-electron chi connectivity index (χ0n) is 8.83. The van der Waals surface area contributed by atoms with Crippen LogP contribution in [-0.4, -0.2) is 16.9 Å². The van der Waals surface area contributed by atoms with Crippen LogP contribution in [-0.2, 0) is 6.54 Å². The molecular weight excluding hydrogens is 256 g/mol. The van der Waals surface area contributed by atoms with Gasteiger partial charge in [-0.3, -0.25) is 4.68 Å². The minimum Gasteiger partial charge on any atom is -0.493 e. The third kappa shape index (κ3) is 1.74. The largest absolute Gasteiger partial charge is 0.493 e. The normalized spacial score (nSPS) is 10.9. The first-order valence-electron chi connectivity index (χ1n) is 4.96. The zero-order valence-corrected chi connectivity index (χ0v) is 10.4. The molecule has 2 aromatic rings. The summed E-state index contributed by atoms with van der Waals surface area (Å²) in [7, 11) is 1.68. The van der Waals surface area contributed by atoms with Crippen molar-refractivity contribution in [3.05, 3.63) is 22.8 Å². The van der Waals surface area contributed by atoms with Gasteiger partial charge in [-0.05, 0) is 34.5 Å². The minimum absolute atomic E-state index is 0.860. The highest BCUT2D eigenvalue weighted by molar-refractivity contribution is 9.10. The molecule has 15 heavy (non-hydrogen) atoms. The summed E-state index contributed by atoms with van der Waals surface area (Å²) in [6, 6.07) is 4.03. The van der Waals surface area contributed by atoms with Gasteiger partial charge in [0.15, 0.2) is 5.75 Å². The molecule has 1 heterocycles. The lowest BCUT2D eigenvalue weighted by Crippen LogP contribution is -2.00. The summed E-state index contributed by atoms with van der Waals surface area (Å²) in [6.45, 7) is 3.05. The highest BCUT2D eigenvalue weighted by atomic mass is 79.9. The molecule has 2 rings (SSSR count). The van der Waals surface area contributed by atoms with Gasteiger partial charge in [0.2, 0.25) is 0 Å². The molecule has 0 aliphatic carbocycles. The van der Waals surface area contributed by atoms with E-state index in [9.17, 15) is 0 Å². The van der Waals surface area contributed by atoms with Gasteiger partial charge < -0.3 is 4.74 Å². The van der Waals surface area contributed by atoms with E-state index in [1.54, 1.807) is 7.11 Å². The number of methoxy groups -OCH3 is 1. The van der Waals surface area contributed by atoms with Crippen molar-refractivity contribution < 1.29 is 4.74 Å². The first kappa shape index (κ1) is 10.5. The molecule has 4 heteroatoms. The van der Waals surface area contributed by atoms with E-state index in [2.05, 4.69) is 28.0 Å². The molecule has 1 aromatic heterocycles. The molecule has 0 aliphatic rings. The Bertz CT molecular complexity index is 479. The lowest BCUT2D eigenvalue weighted by molar-refractivity contribution is 0.413. The van der Waals surface area contributed by atoms with Crippen LogP contribution in [0.5, 0.6) is 5.75 Å². The first-order chi connectivity index (χ1) is 7.27. The van der Waals surface area contributed by atoms with Gasteiger partial charge in [0, 0.05) is 11.9 Å². The number of hydrogen-bond acceptors (Lipinski definition) is 2. The maximum atomic E-state index is 5.40. The molecule has 0 saturated carbocycles. The Morgan fingerprint density at radius 1 is 1.47 bits per heavy atom. The summed E-state index contributed by atoms with van der Waals surface area (Å²) in [5, 5.41) is 5.46. The van der Waals surface area contributed by atoms with Crippen molar-refractivity contribution in [2.75, 3.05) is 7.11 Å². The third-order valence-electron chi connectivity index (χ3n) is 2.35. The third-order valence-corrected chi connectivity index (χ3v) is 2.97. The van der Waals surface area contributed by atoms with E-state index < -0.39 is 0 Å². The summed E-state index contributed by atoms with van der Waals surface area (Å²) in [5.74, 6) is 0.860. The molecule has 1 aromatic carbocycles. The first-order valence-corrected chi connectivity index (χ1v) is 5.75. The standard InChI is InChI=1S/C11H13BrN2O/c1-3-6-14-10-8(7-13-14)4-5-9(12)11(10)15-2/h4-5,7H,3,6H2,1-2H3. The molecule has 80 valence electrons. The molecular formula is C11H13BrN2O. The summed E-state index contributed by atoms with van der Waals surface area (Å²) in [6.07, 6.45) is 2.94. The Labute approximate surface area is 97.2 Å².